The fraction of sp³-hybridized carbons (Fsp3) is 0.733. The van der Waals surface area contributed by atoms with Gasteiger partial charge >= 0.3 is 5.69 Å². The predicted octanol–water partition coefficient (Wildman–Crippen LogP) is -3.37. The molecule has 0 amide bonds. The van der Waals surface area contributed by atoms with Crippen LogP contribution in [0, 0.1) is 0 Å². The second-order valence-corrected chi connectivity index (χ2v) is 6.39. The molecule has 3 rings (SSSR count). The number of aliphatic hydroxyl groups is 4. The average Bonchev–Trinajstić information content (AvgIpc) is 2.85. The lowest BCUT2D eigenvalue weighted by molar-refractivity contribution is -0.296. The molecule has 26 heavy (non-hydrogen) atoms. The number of rotatable bonds is 5. The van der Waals surface area contributed by atoms with Crippen LogP contribution in [-0.4, -0.2) is 92.2 Å². The number of nitrogens with zero attached hydrogens (tertiary/aromatic N) is 3. The summed E-state index contributed by atoms with van der Waals surface area (Å²) in [5.41, 5.74) is 2.68. The van der Waals surface area contributed by atoms with E-state index >= 15 is 0 Å². The van der Waals surface area contributed by atoms with E-state index in [1.165, 1.54) is 12.3 Å². The van der Waals surface area contributed by atoms with Crippen molar-refractivity contribution in [2.75, 3.05) is 45.3 Å². The Labute approximate surface area is 149 Å². The Kier molecular flexibility index (Phi) is 5.30. The lowest BCUT2D eigenvalue weighted by Gasteiger charge is -2.49. The Morgan fingerprint density at radius 3 is 2.62 bits per heavy atom. The van der Waals surface area contributed by atoms with E-state index in [1.807, 2.05) is 0 Å². The molecule has 0 aromatic carbocycles. The van der Waals surface area contributed by atoms with Gasteiger partial charge in [-0.2, -0.15) is 4.98 Å². The molecule has 1 aromatic rings. The van der Waals surface area contributed by atoms with Gasteiger partial charge in [0.2, 0.25) is 5.85 Å². The molecule has 2 aliphatic heterocycles. The number of hydrogen-bond acceptors (Lipinski definition) is 10. The quantitative estimate of drug-likeness (QED) is 0.352. The van der Waals surface area contributed by atoms with Gasteiger partial charge in [-0.25, -0.2) is 4.79 Å². The largest absolute Gasteiger partial charge is 0.396 e. The molecule has 4 atom stereocenters. The van der Waals surface area contributed by atoms with Crippen LogP contribution in [0.25, 0.3) is 0 Å². The van der Waals surface area contributed by atoms with Gasteiger partial charge < -0.3 is 35.6 Å². The molecule has 2 aliphatic rings. The normalized spacial score (nSPS) is 35.7. The fourth-order valence-corrected chi connectivity index (χ4v) is 3.78. The van der Waals surface area contributed by atoms with Crippen LogP contribution in [-0.2, 0) is 15.3 Å². The number of anilines is 1. The van der Waals surface area contributed by atoms with Gasteiger partial charge in [0.05, 0.1) is 19.8 Å². The number of nitrogens with two attached hydrogens (primary N) is 1. The Morgan fingerprint density at radius 2 is 2.04 bits per heavy atom. The standard InChI is InChI=1S/C15H24N4O7/c16-11-1-3-19(13(23)17-11)15(18-4-7-25-8-5-18)14(24,2-6-20)12(22)10(9-21)26-15/h1,3,10,12,20-22,24H,2,4-9H2,(H2,16,17,23)/t10-,12-,14-,15+/m1/s1. The van der Waals surface area contributed by atoms with Crippen LogP contribution in [0.4, 0.5) is 5.82 Å². The van der Waals surface area contributed by atoms with Gasteiger partial charge in [-0.15, -0.1) is 0 Å². The third kappa shape index (κ3) is 2.72. The van der Waals surface area contributed by atoms with E-state index < -0.39 is 42.6 Å². The van der Waals surface area contributed by atoms with Gasteiger partial charge in [0, 0.05) is 32.3 Å². The lowest BCUT2D eigenvalue weighted by Crippen LogP contribution is -2.70. The molecule has 0 spiro atoms. The van der Waals surface area contributed by atoms with Gasteiger partial charge in [0.1, 0.15) is 18.0 Å². The van der Waals surface area contributed by atoms with E-state index in [0.29, 0.717) is 13.2 Å². The Morgan fingerprint density at radius 1 is 1.35 bits per heavy atom. The maximum atomic E-state index is 12.6. The molecule has 146 valence electrons. The number of aromatic nitrogens is 2. The molecule has 2 fully saturated rings. The molecule has 0 aliphatic carbocycles. The second-order valence-electron chi connectivity index (χ2n) is 6.39. The molecular weight excluding hydrogens is 348 g/mol. The van der Waals surface area contributed by atoms with Gasteiger partial charge in [0.15, 0.2) is 5.60 Å². The minimum absolute atomic E-state index is 0.00803. The molecule has 0 radical (unpaired) electrons. The Hall–Kier alpha value is -1.60. The van der Waals surface area contributed by atoms with Crippen molar-refractivity contribution in [2.45, 2.75) is 30.1 Å². The molecule has 0 bridgehead atoms. The van der Waals surface area contributed by atoms with E-state index in [9.17, 15) is 25.2 Å². The van der Waals surface area contributed by atoms with Gasteiger partial charge in [-0.1, -0.05) is 0 Å². The number of nitrogen functional groups attached to an aromatic ring is 1. The number of ether oxygens (including phenoxy) is 2. The van der Waals surface area contributed by atoms with Crippen LogP contribution in [0.3, 0.4) is 0 Å². The molecule has 0 unspecified atom stereocenters. The first-order chi connectivity index (χ1) is 12.4. The summed E-state index contributed by atoms with van der Waals surface area (Å²) in [5.74, 6) is -1.89. The zero-order chi connectivity index (χ0) is 18.9. The van der Waals surface area contributed by atoms with Crippen molar-refractivity contribution in [3.8, 4) is 0 Å². The maximum Gasteiger partial charge on any atom is 0.353 e. The number of hydrogen-bond donors (Lipinski definition) is 5. The summed E-state index contributed by atoms with van der Waals surface area (Å²) in [7, 11) is 0. The minimum Gasteiger partial charge on any atom is -0.396 e. The molecular formula is C15H24N4O7. The van der Waals surface area contributed by atoms with Crippen LogP contribution >= 0.6 is 0 Å². The molecule has 11 nitrogen and oxygen atoms in total. The van der Waals surface area contributed by atoms with Gasteiger partial charge in [-0.3, -0.25) is 9.47 Å². The average molecular weight is 372 g/mol. The van der Waals surface area contributed by atoms with E-state index in [2.05, 4.69) is 4.98 Å². The van der Waals surface area contributed by atoms with Crippen LogP contribution in [0.5, 0.6) is 0 Å². The third-order valence-electron chi connectivity index (χ3n) is 4.99. The number of aliphatic hydroxyl groups excluding tert-OH is 3. The van der Waals surface area contributed by atoms with Crippen molar-refractivity contribution in [1.82, 2.24) is 14.5 Å². The predicted molar refractivity (Wildman–Crippen MR) is 87.9 cm³/mol. The van der Waals surface area contributed by atoms with Crippen molar-refractivity contribution < 1.29 is 29.9 Å². The summed E-state index contributed by atoms with van der Waals surface area (Å²) in [6.45, 7) is 0.149. The summed E-state index contributed by atoms with van der Waals surface area (Å²) in [6, 6.07) is 1.37. The summed E-state index contributed by atoms with van der Waals surface area (Å²) in [6.07, 6.45) is -1.70. The van der Waals surface area contributed by atoms with Gasteiger partial charge in [0.25, 0.3) is 0 Å². The topological polar surface area (TPSA) is 164 Å². The summed E-state index contributed by atoms with van der Waals surface area (Å²) >= 11 is 0. The molecule has 3 heterocycles. The first-order valence-electron chi connectivity index (χ1n) is 8.39. The Bertz CT molecular complexity index is 695. The minimum atomic E-state index is -2.09. The monoisotopic (exact) mass is 372 g/mol. The van der Waals surface area contributed by atoms with Crippen LogP contribution in [0.15, 0.2) is 17.1 Å². The zero-order valence-electron chi connectivity index (χ0n) is 14.2. The summed E-state index contributed by atoms with van der Waals surface area (Å²) in [4.78, 5) is 17.9. The highest BCUT2D eigenvalue weighted by Crippen LogP contribution is 2.47. The summed E-state index contributed by atoms with van der Waals surface area (Å²) in [5, 5.41) is 41.2. The molecule has 6 N–H and O–H groups in total. The highest BCUT2D eigenvalue weighted by Gasteiger charge is 2.69. The van der Waals surface area contributed by atoms with E-state index in [0.717, 1.165) is 4.57 Å². The highest BCUT2D eigenvalue weighted by atomic mass is 16.6. The van der Waals surface area contributed by atoms with Crippen molar-refractivity contribution >= 4 is 5.82 Å². The fourth-order valence-electron chi connectivity index (χ4n) is 3.78. The van der Waals surface area contributed by atoms with Crippen LogP contribution in [0.2, 0.25) is 0 Å². The lowest BCUT2D eigenvalue weighted by atomic mass is 9.86. The van der Waals surface area contributed by atoms with Gasteiger partial charge in [-0.05, 0) is 6.07 Å². The first-order valence-corrected chi connectivity index (χ1v) is 8.39. The van der Waals surface area contributed by atoms with E-state index in [1.54, 1.807) is 4.90 Å². The van der Waals surface area contributed by atoms with E-state index in [-0.39, 0.29) is 25.3 Å². The summed E-state index contributed by atoms with van der Waals surface area (Å²) < 4.78 is 12.3. The van der Waals surface area contributed by atoms with Crippen molar-refractivity contribution in [1.29, 1.82) is 0 Å². The zero-order valence-corrected chi connectivity index (χ0v) is 14.2. The van der Waals surface area contributed by atoms with E-state index in [4.69, 9.17) is 15.2 Å². The van der Waals surface area contributed by atoms with Crippen molar-refractivity contribution in [3.63, 3.8) is 0 Å². The SMILES string of the molecule is Nc1ccn([C@]2(N3CCOCC3)O[C@H](CO)[C@@H](O)[C@]2(O)CCO)c(=O)n1. The molecule has 2 saturated heterocycles. The maximum absolute atomic E-state index is 12.6. The molecule has 11 heteroatoms. The van der Waals surface area contributed by atoms with Crippen LogP contribution in [0.1, 0.15) is 6.42 Å². The molecule has 0 saturated carbocycles. The smallest absolute Gasteiger partial charge is 0.353 e. The molecule has 1 aromatic heterocycles. The Balaban J connectivity index is 2.23. The van der Waals surface area contributed by atoms with Crippen LogP contribution < -0.4 is 11.4 Å². The third-order valence-corrected chi connectivity index (χ3v) is 4.99. The van der Waals surface area contributed by atoms with Crippen molar-refractivity contribution in [2.24, 2.45) is 0 Å². The van der Waals surface area contributed by atoms with Crippen molar-refractivity contribution in [3.05, 3.63) is 22.7 Å². The number of morpholine rings is 1. The highest BCUT2D eigenvalue weighted by molar-refractivity contribution is 5.24. The first kappa shape index (κ1) is 19.2. The second kappa shape index (κ2) is 7.19.